The van der Waals surface area contributed by atoms with E-state index in [1.165, 1.54) is 0 Å². The molecule has 3 nitrogen and oxygen atoms in total. The van der Waals surface area contributed by atoms with Crippen molar-refractivity contribution in [3.8, 4) is 6.07 Å². The molecule has 1 aromatic carbocycles. The topological polar surface area (TPSA) is 44.1 Å². The van der Waals surface area contributed by atoms with Crippen LogP contribution < -0.4 is 0 Å². The number of amides is 1. The van der Waals surface area contributed by atoms with Gasteiger partial charge in [0.1, 0.15) is 6.04 Å². The third-order valence-electron chi connectivity index (χ3n) is 2.84. The van der Waals surface area contributed by atoms with Gasteiger partial charge in [0.15, 0.2) is 0 Å². The van der Waals surface area contributed by atoms with E-state index in [2.05, 4.69) is 6.07 Å². The summed E-state index contributed by atoms with van der Waals surface area (Å²) in [6.07, 6.45) is 1.57. The monoisotopic (exact) mass is 268 g/mol. The molecule has 1 unspecified atom stereocenters. The Kier molecular flexibility index (Phi) is 3.56. The fourth-order valence-corrected chi connectivity index (χ4v) is 2.35. The number of benzene rings is 1. The molecule has 1 amide bonds. The van der Waals surface area contributed by atoms with E-state index < -0.39 is 0 Å². The fraction of sp³-hybridized carbons (Fsp3) is 0.333. The number of hydrogen-bond donors (Lipinski definition) is 0. The molecular formula is C12H10Cl2N2O. The lowest BCUT2D eigenvalue weighted by molar-refractivity contribution is 0.0765. The Morgan fingerprint density at radius 2 is 2.24 bits per heavy atom. The molecule has 0 radical (unpaired) electrons. The molecule has 88 valence electrons. The van der Waals surface area contributed by atoms with Crippen molar-refractivity contribution in [2.75, 3.05) is 6.54 Å². The summed E-state index contributed by atoms with van der Waals surface area (Å²) < 4.78 is 0. The van der Waals surface area contributed by atoms with Crippen molar-refractivity contribution >= 4 is 29.1 Å². The molecule has 1 aromatic rings. The molecule has 1 fully saturated rings. The van der Waals surface area contributed by atoms with Gasteiger partial charge in [-0.25, -0.2) is 0 Å². The Hall–Kier alpha value is -1.24. The number of carbonyl (C=O) groups is 1. The second-order valence-electron chi connectivity index (χ2n) is 3.89. The lowest BCUT2D eigenvalue weighted by Crippen LogP contribution is -2.34. The van der Waals surface area contributed by atoms with Gasteiger partial charge >= 0.3 is 0 Å². The second kappa shape index (κ2) is 4.95. The van der Waals surface area contributed by atoms with E-state index in [4.69, 9.17) is 28.5 Å². The number of rotatable bonds is 1. The number of carbonyl (C=O) groups excluding carboxylic acids is 1. The molecule has 1 atom stereocenters. The van der Waals surface area contributed by atoms with Crippen molar-refractivity contribution in [1.82, 2.24) is 4.90 Å². The second-order valence-corrected chi connectivity index (χ2v) is 4.67. The van der Waals surface area contributed by atoms with E-state index in [0.717, 1.165) is 12.8 Å². The number of halogens is 2. The Morgan fingerprint density at radius 1 is 1.47 bits per heavy atom. The molecule has 0 aromatic heterocycles. The van der Waals surface area contributed by atoms with E-state index >= 15 is 0 Å². The number of nitriles is 1. The summed E-state index contributed by atoms with van der Waals surface area (Å²) in [6.45, 7) is 0.597. The maximum atomic E-state index is 12.2. The summed E-state index contributed by atoms with van der Waals surface area (Å²) in [7, 11) is 0. The molecule has 1 heterocycles. The minimum Gasteiger partial charge on any atom is -0.323 e. The van der Waals surface area contributed by atoms with Crippen LogP contribution in [0.2, 0.25) is 10.0 Å². The van der Waals surface area contributed by atoms with Crippen LogP contribution in [0.1, 0.15) is 23.2 Å². The van der Waals surface area contributed by atoms with Gasteiger partial charge in [0.2, 0.25) is 0 Å². The Balaban J connectivity index is 2.32. The van der Waals surface area contributed by atoms with E-state index in [1.807, 2.05) is 0 Å². The summed E-state index contributed by atoms with van der Waals surface area (Å²) >= 11 is 11.9. The SMILES string of the molecule is N#CC1CCCN1C(=O)c1cccc(Cl)c1Cl. The van der Waals surface area contributed by atoms with Crippen molar-refractivity contribution in [2.24, 2.45) is 0 Å². The minimum absolute atomic E-state index is 0.221. The van der Waals surface area contributed by atoms with Crippen molar-refractivity contribution in [1.29, 1.82) is 5.26 Å². The lowest BCUT2D eigenvalue weighted by Gasteiger charge is -2.20. The number of likely N-dealkylation sites (tertiary alicyclic amines) is 1. The average molecular weight is 269 g/mol. The van der Waals surface area contributed by atoms with Gasteiger partial charge < -0.3 is 4.90 Å². The van der Waals surface area contributed by atoms with Crippen molar-refractivity contribution in [3.05, 3.63) is 33.8 Å². The first-order valence-corrected chi connectivity index (χ1v) is 6.05. The molecule has 0 N–H and O–H groups in total. The first kappa shape index (κ1) is 12.2. The summed E-state index contributed by atoms with van der Waals surface area (Å²) in [6, 6.07) is 6.72. The molecule has 0 spiro atoms. The van der Waals surface area contributed by atoms with E-state index in [1.54, 1.807) is 23.1 Å². The van der Waals surface area contributed by atoms with E-state index in [-0.39, 0.29) is 17.0 Å². The largest absolute Gasteiger partial charge is 0.323 e. The highest BCUT2D eigenvalue weighted by molar-refractivity contribution is 6.43. The Morgan fingerprint density at radius 3 is 2.94 bits per heavy atom. The van der Waals surface area contributed by atoms with Crippen LogP contribution in [0.5, 0.6) is 0 Å². The summed E-state index contributed by atoms with van der Waals surface area (Å²) in [5, 5.41) is 9.56. The summed E-state index contributed by atoms with van der Waals surface area (Å²) in [5.74, 6) is -0.221. The van der Waals surface area contributed by atoms with Crippen molar-refractivity contribution in [3.63, 3.8) is 0 Å². The quantitative estimate of drug-likeness (QED) is 0.786. The van der Waals surface area contributed by atoms with Crippen molar-refractivity contribution in [2.45, 2.75) is 18.9 Å². The smallest absolute Gasteiger partial charge is 0.256 e. The molecule has 0 saturated carbocycles. The Bertz CT molecular complexity index is 496. The number of nitrogens with zero attached hydrogens (tertiary/aromatic N) is 2. The molecule has 5 heteroatoms. The van der Waals surface area contributed by atoms with Gasteiger partial charge in [-0.1, -0.05) is 29.3 Å². The fourth-order valence-electron chi connectivity index (χ4n) is 1.97. The standard InChI is InChI=1S/C12H10Cl2N2O/c13-10-5-1-4-9(11(10)14)12(17)16-6-2-3-8(16)7-15/h1,4-5,8H,2-3,6H2. The van der Waals surface area contributed by atoms with E-state index in [0.29, 0.717) is 17.1 Å². The number of hydrogen-bond acceptors (Lipinski definition) is 2. The van der Waals surface area contributed by atoms with Gasteiger partial charge in [-0.05, 0) is 25.0 Å². The van der Waals surface area contributed by atoms with Gasteiger partial charge in [0, 0.05) is 6.54 Å². The predicted molar refractivity (Wildman–Crippen MR) is 66.1 cm³/mol. The van der Waals surface area contributed by atoms with Crippen LogP contribution in [-0.2, 0) is 0 Å². The first-order chi connectivity index (χ1) is 8.15. The van der Waals surface area contributed by atoms with Gasteiger partial charge in [0.25, 0.3) is 5.91 Å². The average Bonchev–Trinajstić information content (AvgIpc) is 2.80. The third-order valence-corrected chi connectivity index (χ3v) is 3.66. The molecule has 1 aliphatic heterocycles. The van der Waals surface area contributed by atoms with Crippen LogP contribution in [0.15, 0.2) is 18.2 Å². The van der Waals surface area contributed by atoms with Crippen LogP contribution in [0.25, 0.3) is 0 Å². The van der Waals surface area contributed by atoms with Gasteiger partial charge in [0.05, 0.1) is 21.7 Å². The zero-order valence-electron chi connectivity index (χ0n) is 8.99. The Labute approximate surface area is 110 Å². The highest BCUT2D eigenvalue weighted by Crippen LogP contribution is 2.28. The zero-order chi connectivity index (χ0) is 12.4. The minimum atomic E-state index is -0.349. The van der Waals surface area contributed by atoms with Crippen LogP contribution in [-0.4, -0.2) is 23.4 Å². The molecule has 1 saturated heterocycles. The molecule has 1 aliphatic rings. The van der Waals surface area contributed by atoms with Gasteiger partial charge in [-0.2, -0.15) is 5.26 Å². The maximum absolute atomic E-state index is 12.2. The van der Waals surface area contributed by atoms with Crippen LogP contribution in [0, 0.1) is 11.3 Å². The molecule has 17 heavy (non-hydrogen) atoms. The first-order valence-electron chi connectivity index (χ1n) is 5.29. The van der Waals surface area contributed by atoms with Crippen LogP contribution in [0.4, 0.5) is 0 Å². The predicted octanol–water partition coefficient (Wildman–Crippen LogP) is 3.12. The van der Waals surface area contributed by atoms with Crippen LogP contribution in [0.3, 0.4) is 0 Å². The maximum Gasteiger partial charge on any atom is 0.256 e. The molecular weight excluding hydrogens is 259 g/mol. The highest BCUT2D eigenvalue weighted by Gasteiger charge is 2.30. The molecule has 0 aliphatic carbocycles. The van der Waals surface area contributed by atoms with Gasteiger partial charge in [-0.3, -0.25) is 4.79 Å². The van der Waals surface area contributed by atoms with Crippen molar-refractivity contribution < 1.29 is 4.79 Å². The third kappa shape index (κ3) is 2.24. The van der Waals surface area contributed by atoms with Gasteiger partial charge in [-0.15, -0.1) is 0 Å². The molecule has 2 rings (SSSR count). The summed E-state index contributed by atoms with van der Waals surface area (Å²) in [4.78, 5) is 13.8. The highest BCUT2D eigenvalue weighted by atomic mass is 35.5. The normalized spacial score (nSPS) is 19.1. The lowest BCUT2D eigenvalue weighted by atomic mass is 10.2. The molecule has 0 bridgehead atoms. The van der Waals surface area contributed by atoms with Crippen LogP contribution >= 0.6 is 23.2 Å². The zero-order valence-corrected chi connectivity index (χ0v) is 10.5. The summed E-state index contributed by atoms with van der Waals surface area (Å²) in [5.41, 5.74) is 0.362. The van der Waals surface area contributed by atoms with E-state index in [9.17, 15) is 4.79 Å².